The average Bonchev–Trinajstić information content (AvgIpc) is 2.34. The van der Waals surface area contributed by atoms with E-state index in [9.17, 15) is 0 Å². The van der Waals surface area contributed by atoms with Gasteiger partial charge in [-0.25, -0.2) is 0 Å². The molecule has 2 heteroatoms. The molecule has 0 unspecified atom stereocenters. The molecule has 1 aromatic carbocycles. The number of hydrogen-bond acceptors (Lipinski definition) is 2. The van der Waals surface area contributed by atoms with Crippen LogP contribution in [0.2, 0.25) is 0 Å². The predicted molar refractivity (Wildman–Crippen MR) is 80.1 cm³/mol. The Hall–Kier alpha value is -0.860. The Bertz CT molecular complexity index is 316. The Morgan fingerprint density at radius 1 is 1.06 bits per heavy atom. The van der Waals surface area contributed by atoms with Crippen molar-refractivity contribution >= 4 is 0 Å². The molecule has 0 fully saturated rings. The summed E-state index contributed by atoms with van der Waals surface area (Å²) < 4.78 is 0. The van der Waals surface area contributed by atoms with Crippen molar-refractivity contribution in [2.75, 3.05) is 33.7 Å². The van der Waals surface area contributed by atoms with Gasteiger partial charge in [0.2, 0.25) is 0 Å². The van der Waals surface area contributed by atoms with E-state index in [0.29, 0.717) is 0 Å². The molecule has 0 atom stereocenters. The molecule has 0 aliphatic heterocycles. The number of likely N-dealkylation sites (N-methyl/N-ethyl adjacent to an activating group) is 2. The molecule has 0 bridgehead atoms. The van der Waals surface area contributed by atoms with Crippen molar-refractivity contribution in [2.45, 2.75) is 26.7 Å². The molecule has 2 nitrogen and oxygen atoms in total. The van der Waals surface area contributed by atoms with Crippen LogP contribution < -0.4 is 5.32 Å². The largest absolute Gasteiger partial charge is 0.319 e. The van der Waals surface area contributed by atoms with Crippen LogP contribution in [0.3, 0.4) is 0 Å². The van der Waals surface area contributed by atoms with Crippen molar-refractivity contribution in [3.05, 3.63) is 35.4 Å². The zero-order valence-corrected chi connectivity index (χ0v) is 12.4. The summed E-state index contributed by atoms with van der Waals surface area (Å²) in [6.07, 6.45) is 2.26. The van der Waals surface area contributed by atoms with Crippen LogP contribution in [0.4, 0.5) is 0 Å². The maximum absolute atomic E-state index is 3.18. The highest BCUT2D eigenvalue weighted by Gasteiger charge is 2.02. The van der Waals surface area contributed by atoms with Gasteiger partial charge in [0, 0.05) is 13.1 Å². The fraction of sp³-hybridized carbons (Fsp3) is 0.625. The summed E-state index contributed by atoms with van der Waals surface area (Å²) in [6, 6.07) is 9.06. The highest BCUT2D eigenvalue weighted by molar-refractivity contribution is 5.23. The molecule has 0 aliphatic carbocycles. The van der Waals surface area contributed by atoms with E-state index in [1.165, 1.54) is 17.7 Å². The fourth-order valence-corrected chi connectivity index (χ4v) is 2.18. The van der Waals surface area contributed by atoms with Gasteiger partial charge in [0.05, 0.1) is 0 Å². The average molecular weight is 248 g/mol. The van der Waals surface area contributed by atoms with E-state index >= 15 is 0 Å². The Balaban J connectivity index is 2.34. The van der Waals surface area contributed by atoms with Crippen LogP contribution in [0.15, 0.2) is 24.3 Å². The zero-order valence-electron chi connectivity index (χ0n) is 12.4. The molecule has 0 aliphatic rings. The van der Waals surface area contributed by atoms with E-state index in [-0.39, 0.29) is 0 Å². The van der Waals surface area contributed by atoms with Crippen LogP contribution in [0, 0.1) is 5.92 Å². The summed E-state index contributed by atoms with van der Waals surface area (Å²) >= 11 is 0. The quantitative estimate of drug-likeness (QED) is 0.760. The van der Waals surface area contributed by atoms with Crippen LogP contribution in [-0.2, 0) is 12.8 Å². The van der Waals surface area contributed by atoms with E-state index < -0.39 is 0 Å². The van der Waals surface area contributed by atoms with Gasteiger partial charge in [-0.05, 0) is 50.5 Å². The molecule has 1 rings (SSSR count). The molecule has 0 saturated heterocycles. The molecule has 1 N–H and O–H groups in total. The summed E-state index contributed by atoms with van der Waals surface area (Å²) in [6.45, 7) is 7.92. The molecule has 1 aromatic rings. The smallest absolute Gasteiger partial charge is 0.00189 e. The molecular weight excluding hydrogens is 220 g/mol. The summed E-state index contributed by atoms with van der Waals surface area (Å²) in [7, 11) is 4.21. The topological polar surface area (TPSA) is 15.3 Å². The minimum atomic E-state index is 0.749. The first-order valence-electron chi connectivity index (χ1n) is 7.02. The second-order valence-corrected chi connectivity index (χ2v) is 5.58. The summed E-state index contributed by atoms with van der Waals surface area (Å²) in [5.74, 6) is 0.749. The summed E-state index contributed by atoms with van der Waals surface area (Å²) in [5, 5.41) is 3.18. The van der Waals surface area contributed by atoms with Crippen molar-refractivity contribution < 1.29 is 0 Å². The van der Waals surface area contributed by atoms with Gasteiger partial charge in [-0.2, -0.15) is 0 Å². The molecule has 0 saturated carbocycles. The second kappa shape index (κ2) is 8.28. The predicted octanol–water partition coefficient (Wildman–Crippen LogP) is 2.58. The van der Waals surface area contributed by atoms with E-state index in [2.05, 4.69) is 55.4 Å². The third kappa shape index (κ3) is 6.18. The minimum absolute atomic E-state index is 0.749. The first-order valence-corrected chi connectivity index (χ1v) is 7.02. The number of benzene rings is 1. The lowest BCUT2D eigenvalue weighted by Gasteiger charge is -2.18. The number of hydrogen-bond donors (Lipinski definition) is 1. The van der Waals surface area contributed by atoms with Gasteiger partial charge in [0.1, 0.15) is 0 Å². The van der Waals surface area contributed by atoms with E-state index in [1.807, 2.05) is 7.05 Å². The summed E-state index contributed by atoms with van der Waals surface area (Å²) in [5.41, 5.74) is 2.86. The van der Waals surface area contributed by atoms with Gasteiger partial charge >= 0.3 is 0 Å². The van der Waals surface area contributed by atoms with Crippen LogP contribution in [0.25, 0.3) is 0 Å². The van der Waals surface area contributed by atoms with Gasteiger partial charge in [-0.3, -0.25) is 0 Å². The SMILES string of the molecule is CNCCc1ccc(CCN(C)CC(C)C)cc1. The molecule has 0 radical (unpaired) electrons. The van der Waals surface area contributed by atoms with Crippen LogP contribution >= 0.6 is 0 Å². The Kier molecular flexibility index (Phi) is 6.99. The molecule has 0 aromatic heterocycles. The van der Waals surface area contributed by atoms with E-state index in [0.717, 1.165) is 31.8 Å². The normalized spacial score (nSPS) is 11.4. The molecule has 0 heterocycles. The van der Waals surface area contributed by atoms with Gasteiger partial charge in [-0.15, -0.1) is 0 Å². The molecule has 102 valence electrons. The van der Waals surface area contributed by atoms with Gasteiger partial charge in [-0.1, -0.05) is 38.1 Å². The lowest BCUT2D eigenvalue weighted by Crippen LogP contribution is -2.25. The monoisotopic (exact) mass is 248 g/mol. The van der Waals surface area contributed by atoms with Crippen molar-refractivity contribution in [1.29, 1.82) is 0 Å². The lowest BCUT2D eigenvalue weighted by molar-refractivity contribution is 0.299. The summed E-state index contributed by atoms with van der Waals surface area (Å²) in [4.78, 5) is 2.42. The van der Waals surface area contributed by atoms with Crippen molar-refractivity contribution in [2.24, 2.45) is 5.92 Å². The van der Waals surface area contributed by atoms with Crippen LogP contribution in [-0.4, -0.2) is 38.6 Å². The van der Waals surface area contributed by atoms with E-state index in [1.54, 1.807) is 0 Å². The minimum Gasteiger partial charge on any atom is -0.319 e. The lowest BCUT2D eigenvalue weighted by atomic mass is 10.1. The number of rotatable bonds is 8. The van der Waals surface area contributed by atoms with Crippen molar-refractivity contribution in [1.82, 2.24) is 10.2 Å². The zero-order chi connectivity index (χ0) is 13.4. The first-order chi connectivity index (χ1) is 8.61. The molecule has 18 heavy (non-hydrogen) atoms. The molecular formula is C16H28N2. The number of nitrogens with zero attached hydrogens (tertiary/aromatic N) is 1. The number of nitrogens with one attached hydrogen (secondary N) is 1. The maximum atomic E-state index is 3.18. The highest BCUT2D eigenvalue weighted by Crippen LogP contribution is 2.07. The Morgan fingerprint density at radius 2 is 1.61 bits per heavy atom. The Morgan fingerprint density at radius 3 is 2.11 bits per heavy atom. The third-order valence-electron chi connectivity index (χ3n) is 3.15. The van der Waals surface area contributed by atoms with Gasteiger partial charge in [0.15, 0.2) is 0 Å². The fourth-order valence-electron chi connectivity index (χ4n) is 2.18. The third-order valence-corrected chi connectivity index (χ3v) is 3.15. The second-order valence-electron chi connectivity index (χ2n) is 5.58. The van der Waals surface area contributed by atoms with E-state index in [4.69, 9.17) is 0 Å². The maximum Gasteiger partial charge on any atom is 0.00189 e. The van der Waals surface area contributed by atoms with Crippen LogP contribution in [0.1, 0.15) is 25.0 Å². The molecule has 0 spiro atoms. The van der Waals surface area contributed by atoms with Gasteiger partial charge in [0.25, 0.3) is 0 Å². The standard InChI is InChI=1S/C16H28N2/c1-14(2)13-18(4)12-10-16-7-5-15(6-8-16)9-11-17-3/h5-8,14,17H,9-13H2,1-4H3. The highest BCUT2D eigenvalue weighted by atomic mass is 15.1. The Labute approximate surface area is 112 Å². The first kappa shape index (κ1) is 15.2. The van der Waals surface area contributed by atoms with Crippen molar-refractivity contribution in [3.63, 3.8) is 0 Å². The van der Waals surface area contributed by atoms with Gasteiger partial charge < -0.3 is 10.2 Å². The van der Waals surface area contributed by atoms with Crippen LogP contribution in [0.5, 0.6) is 0 Å². The molecule has 0 amide bonds. The van der Waals surface area contributed by atoms with Crippen molar-refractivity contribution in [3.8, 4) is 0 Å².